The zero-order valence-electron chi connectivity index (χ0n) is 19.2. The predicted octanol–water partition coefficient (Wildman–Crippen LogP) is 3.21. The summed E-state index contributed by atoms with van der Waals surface area (Å²) in [4.78, 5) is 20.4. The molecule has 184 valence electrons. The summed E-state index contributed by atoms with van der Waals surface area (Å²) < 4.78 is 24.3. The molecule has 0 heterocycles. The van der Waals surface area contributed by atoms with Gasteiger partial charge in [-0.2, -0.15) is 28.3 Å². The number of hydrogen-bond acceptors (Lipinski definition) is 2. The zero-order chi connectivity index (χ0) is 23.8. The summed E-state index contributed by atoms with van der Waals surface area (Å²) in [6.07, 6.45) is 11.2. The van der Waals surface area contributed by atoms with E-state index >= 15 is 0 Å². The number of aryl methyl sites for hydroxylation is 2. The Balaban J connectivity index is 0.000000259. The molecule has 0 spiro atoms. The third-order valence-electron chi connectivity index (χ3n) is 5.92. The van der Waals surface area contributed by atoms with Crippen LogP contribution >= 0.6 is 0 Å². The zero-order valence-corrected chi connectivity index (χ0v) is 21.5. The van der Waals surface area contributed by atoms with Gasteiger partial charge in [0.25, 0.3) is 0 Å². The van der Waals surface area contributed by atoms with Crippen molar-refractivity contribution in [3.05, 3.63) is 99.6 Å². The molecule has 3 aromatic rings. The number of hydrogen-bond donors (Lipinski definition) is 2. The van der Waals surface area contributed by atoms with E-state index in [1.807, 2.05) is 0 Å². The quantitative estimate of drug-likeness (QED) is 0.390. The van der Waals surface area contributed by atoms with E-state index in [2.05, 4.69) is 6.07 Å². The van der Waals surface area contributed by atoms with Gasteiger partial charge in [-0.1, -0.05) is 51.4 Å². The monoisotopic (exact) mass is 536 g/mol. The minimum absolute atomic E-state index is 0. The van der Waals surface area contributed by atoms with Gasteiger partial charge in [-0.25, -0.2) is 18.4 Å². The van der Waals surface area contributed by atoms with E-state index in [1.54, 1.807) is 22.3 Å². The Bertz CT molecular complexity index is 1010. The largest absolute Gasteiger partial charge is 2.00 e. The number of carboxylic acids is 2. The van der Waals surface area contributed by atoms with Crippen LogP contribution in [0.15, 0.2) is 54.6 Å². The number of carboxylic acid groups (broad SMARTS) is 2. The number of rotatable bonds is 2. The summed E-state index contributed by atoms with van der Waals surface area (Å²) in [7, 11) is 0. The molecule has 0 radical (unpaired) electrons. The molecule has 0 aliphatic heterocycles. The van der Waals surface area contributed by atoms with Gasteiger partial charge in [-0.05, 0) is 48.5 Å². The third kappa shape index (κ3) is 8.95. The van der Waals surface area contributed by atoms with Crippen molar-refractivity contribution in [1.29, 1.82) is 0 Å². The minimum Gasteiger partial charge on any atom is -1.00 e. The van der Waals surface area contributed by atoms with Gasteiger partial charge in [0.2, 0.25) is 0 Å². The second kappa shape index (κ2) is 14.9. The van der Waals surface area contributed by atoms with Crippen LogP contribution in [0, 0.1) is 11.6 Å². The third-order valence-corrected chi connectivity index (χ3v) is 5.92. The van der Waals surface area contributed by atoms with E-state index in [1.165, 1.54) is 75.6 Å². The van der Waals surface area contributed by atoms with Gasteiger partial charge in [0.05, 0.1) is 11.1 Å². The van der Waals surface area contributed by atoms with Gasteiger partial charge in [-0.15, -0.1) is 0 Å². The van der Waals surface area contributed by atoms with Crippen molar-refractivity contribution in [3.8, 4) is 0 Å². The Labute approximate surface area is 225 Å². The van der Waals surface area contributed by atoms with E-state index in [0.717, 1.165) is 24.3 Å². The van der Waals surface area contributed by atoms with Crippen LogP contribution < -0.4 is 12.4 Å². The predicted molar refractivity (Wildman–Crippen MR) is 122 cm³/mol. The van der Waals surface area contributed by atoms with Crippen LogP contribution in [0.5, 0.6) is 0 Å². The second-order valence-electron chi connectivity index (χ2n) is 8.19. The van der Waals surface area contributed by atoms with Crippen molar-refractivity contribution in [2.24, 2.45) is 0 Å². The van der Waals surface area contributed by atoms with Crippen molar-refractivity contribution in [2.75, 3.05) is 0 Å². The molecule has 2 N–H and O–H groups in total. The fourth-order valence-electron chi connectivity index (χ4n) is 4.26. The molecule has 0 aromatic heterocycles. The SMILES string of the molecule is O=C(O)c1ccc(F)cc1.O=C(O)c1ccc(F)cc1.[Cl-].[Ti+2].[cH-]1c2c(c3c1CCCC3)CCCC2. The Hall–Kier alpha value is -2.41. The van der Waals surface area contributed by atoms with Crippen LogP contribution in [-0.2, 0) is 47.4 Å². The molecule has 0 amide bonds. The first kappa shape index (κ1) is 30.6. The van der Waals surface area contributed by atoms with Crippen LogP contribution in [0.1, 0.15) is 68.7 Å². The summed E-state index contributed by atoms with van der Waals surface area (Å²) in [5.74, 6) is -2.94. The topological polar surface area (TPSA) is 74.6 Å². The van der Waals surface area contributed by atoms with Crippen molar-refractivity contribution < 1.29 is 62.7 Å². The molecule has 0 saturated carbocycles. The van der Waals surface area contributed by atoms with Gasteiger partial charge in [-0.3, -0.25) is 0 Å². The fourth-order valence-corrected chi connectivity index (χ4v) is 4.26. The van der Waals surface area contributed by atoms with Crippen LogP contribution in [0.2, 0.25) is 0 Å². The molecule has 0 atom stereocenters. The average molecular weight is 537 g/mol. The number of fused-ring (bicyclic) bond motifs is 3. The molecule has 0 bridgehead atoms. The number of aromatic carboxylic acids is 2. The molecule has 0 saturated heterocycles. The van der Waals surface area contributed by atoms with E-state index in [4.69, 9.17) is 10.2 Å². The molecular weight excluding hydrogens is 510 g/mol. The second-order valence-corrected chi connectivity index (χ2v) is 8.19. The van der Waals surface area contributed by atoms with Crippen LogP contribution in [-0.4, -0.2) is 22.2 Å². The molecule has 5 rings (SSSR count). The molecule has 3 aromatic carbocycles. The molecule has 2 aliphatic carbocycles. The van der Waals surface area contributed by atoms with Gasteiger partial charge in [0, 0.05) is 0 Å². The Morgan fingerprint density at radius 2 is 0.943 bits per heavy atom. The maximum atomic E-state index is 12.2. The molecule has 0 unspecified atom stereocenters. The standard InChI is InChI=1S/C13H17.2C7H5FO2.ClH.Ti/c1-3-7-12-10(5-1)9-11-6-2-4-8-13(11)12;2*8-6-3-1-5(2-4-6)7(9)10;;/h9H,1-8H2;2*1-4H,(H,9,10);1H;/q-1;;;;+2/p-1. The Morgan fingerprint density at radius 1 is 0.629 bits per heavy atom. The summed E-state index contributed by atoms with van der Waals surface area (Å²) >= 11 is 0. The maximum Gasteiger partial charge on any atom is 2.00 e. The fraction of sp³-hybridized carbons (Fsp3) is 0.296. The normalized spacial score (nSPS) is 13.1. The minimum atomic E-state index is -1.04. The van der Waals surface area contributed by atoms with Crippen molar-refractivity contribution in [3.63, 3.8) is 0 Å². The molecule has 8 heteroatoms. The summed E-state index contributed by atoms with van der Waals surface area (Å²) in [5, 5.41) is 16.7. The van der Waals surface area contributed by atoms with Crippen LogP contribution in [0.4, 0.5) is 8.78 Å². The van der Waals surface area contributed by atoms with E-state index < -0.39 is 23.6 Å². The van der Waals surface area contributed by atoms with Gasteiger partial charge in [0.15, 0.2) is 0 Å². The molecule has 35 heavy (non-hydrogen) atoms. The number of carbonyl (C=O) groups is 2. The molecular formula is C27H27ClF2O4Ti. The van der Waals surface area contributed by atoms with Crippen molar-refractivity contribution >= 4 is 11.9 Å². The van der Waals surface area contributed by atoms with E-state index in [9.17, 15) is 18.4 Å². The van der Waals surface area contributed by atoms with Crippen molar-refractivity contribution in [2.45, 2.75) is 51.4 Å². The molecule has 2 aliphatic rings. The van der Waals surface area contributed by atoms with Crippen LogP contribution in [0.25, 0.3) is 0 Å². The molecule has 0 fully saturated rings. The van der Waals surface area contributed by atoms with E-state index in [0.29, 0.717) is 0 Å². The van der Waals surface area contributed by atoms with E-state index in [-0.39, 0.29) is 45.3 Å². The summed E-state index contributed by atoms with van der Waals surface area (Å²) in [5.41, 5.74) is 7.14. The maximum absolute atomic E-state index is 12.2. The summed E-state index contributed by atoms with van der Waals surface area (Å²) in [6, 6.07) is 11.9. The Morgan fingerprint density at radius 3 is 1.26 bits per heavy atom. The van der Waals surface area contributed by atoms with Gasteiger partial charge in [0.1, 0.15) is 11.6 Å². The smallest absolute Gasteiger partial charge is 1.00 e. The Kier molecular flexibility index (Phi) is 13.0. The first-order valence-corrected chi connectivity index (χ1v) is 11.1. The first-order chi connectivity index (χ1) is 15.8. The van der Waals surface area contributed by atoms with Gasteiger partial charge < -0.3 is 22.6 Å². The number of halogens is 3. The average Bonchev–Trinajstić information content (AvgIpc) is 3.19. The first-order valence-electron chi connectivity index (χ1n) is 11.1. The van der Waals surface area contributed by atoms with Crippen molar-refractivity contribution in [1.82, 2.24) is 0 Å². The molecule has 4 nitrogen and oxygen atoms in total. The number of benzene rings is 2. The van der Waals surface area contributed by atoms with Crippen LogP contribution in [0.3, 0.4) is 0 Å². The summed E-state index contributed by atoms with van der Waals surface area (Å²) in [6.45, 7) is 0. The van der Waals surface area contributed by atoms with Gasteiger partial charge >= 0.3 is 33.7 Å².